The van der Waals surface area contributed by atoms with Crippen LogP contribution in [0.3, 0.4) is 0 Å². The number of imide groups is 2. The van der Waals surface area contributed by atoms with Crippen molar-refractivity contribution in [3.05, 3.63) is 12.2 Å². The van der Waals surface area contributed by atoms with Crippen LogP contribution in [0.1, 0.15) is 40.0 Å². The lowest BCUT2D eigenvalue weighted by atomic mass is 9.72. The molecule has 0 bridgehead atoms. The van der Waals surface area contributed by atoms with Crippen LogP contribution >= 0.6 is 0 Å². The van der Waals surface area contributed by atoms with E-state index in [2.05, 4.69) is 17.2 Å². The molecule has 5 nitrogen and oxygen atoms in total. The normalized spacial score (nSPS) is 20.1. The van der Waals surface area contributed by atoms with Gasteiger partial charge in [-0.1, -0.05) is 25.8 Å². The highest BCUT2D eigenvalue weighted by atomic mass is 16.2. The molecular weight excluding hydrogens is 232 g/mol. The fraction of sp³-hybridized carbons (Fsp3) is 0.615. The molecule has 1 aliphatic heterocycles. The molecule has 0 radical (unpaired) electrons. The Morgan fingerprint density at radius 1 is 1.28 bits per heavy atom. The van der Waals surface area contributed by atoms with Gasteiger partial charge in [0.05, 0.1) is 0 Å². The molecule has 2 N–H and O–H groups in total. The molecule has 1 aliphatic rings. The van der Waals surface area contributed by atoms with E-state index in [0.29, 0.717) is 6.42 Å². The maximum atomic E-state index is 12.1. The van der Waals surface area contributed by atoms with Crippen molar-refractivity contribution >= 4 is 17.8 Å². The van der Waals surface area contributed by atoms with Gasteiger partial charge in [-0.2, -0.15) is 0 Å². The molecule has 0 saturated carbocycles. The van der Waals surface area contributed by atoms with Crippen LogP contribution in [-0.4, -0.2) is 17.8 Å². The SMILES string of the molecule is C=C(C)CC1(CC(C)CC)C(=O)NC(=O)NC1=O. The molecule has 18 heavy (non-hydrogen) atoms. The van der Waals surface area contributed by atoms with Crippen molar-refractivity contribution in [1.29, 1.82) is 0 Å². The number of rotatable bonds is 5. The highest BCUT2D eigenvalue weighted by Gasteiger charge is 2.50. The van der Waals surface area contributed by atoms with Gasteiger partial charge in [-0.3, -0.25) is 20.2 Å². The minimum absolute atomic E-state index is 0.217. The van der Waals surface area contributed by atoms with Gasteiger partial charge in [-0.15, -0.1) is 6.58 Å². The number of amides is 4. The summed E-state index contributed by atoms with van der Waals surface area (Å²) in [6, 6.07) is -0.744. The van der Waals surface area contributed by atoms with Crippen molar-refractivity contribution in [2.75, 3.05) is 0 Å². The third-order valence-electron chi connectivity index (χ3n) is 3.32. The highest BCUT2D eigenvalue weighted by Crippen LogP contribution is 2.36. The summed E-state index contributed by atoms with van der Waals surface area (Å²) < 4.78 is 0. The van der Waals surface area contributed by atoms with Crippen LogP contribution in [0.4, 0.5) is 4.79 Å². The Morgan fingerprint density at radius 3 is 2.17 bits per heavy atom. The summed E-state index contributed by atoms with van der Waals surface area (Å²) in [4.78, 5) is 35.3. The Morgan fingerprint density at radius 2 is 1.78 bits per heavy atom. The molecule has 1 saturated heterocycles. The maximum Gasteiger partial charge on any atom is 0.328 e. The summed E-state index contributed by atoms with van der Waals surface area (Å²) in [5.41, 5.74) is -0.451. The van der Waals surface area contributed by atoms with Gasteiger partial charge >= 0.3 is 6.03 Å². The van der Waals surface area contributed by atoms with Gasteiger partial charge in [0.1, 0.15) is 5.41 Å². The first-order valence-electron chi connectivity index (χ1n) is 6.13. The van der Waals surface area contributed by atoms with Crippen LogP contribution < -0.4 is 10.6 Å². The van der Waals surface area contributed by atoms with Crippen molar-refractivity contribution in [3.63, 3.8) is 0 Å². The van der Waals surface area contributed by atoms with E-state index in [1.165, 1.54) is 0 Å². The van der Waals surface area contributed by atoms with Gasteiger partial charge in [0, 0.05) is 0 Å². The van der Waals surface area contributed by atoms with Crippen molar-refractivity contribution in [2.45, 2.75) is 40.0 Å². The lowest BCUT2D eigenvalue weighted by Crippen LogP contribution is -2.62. The number of nitrogens with one attached hydrogen (secondary N) is 2. The second kappa shape index (κ2) is 5.33. The number of allylic oxidation sites excluding steroid dienone is 1. The number of urea groups is 1. The average Bonchev–Trinajstić information content (AvgIpc) is 2.24. The summed E-state index contributed by atoms with van der Waals surface area (Å²) >= 11 is 0. The van der Waals surface area contributed by atoms with E-state index in [4.69, 9.17) is 0 Å². The van der Waals surface area contributed by atoms with Crippen molar-refractivity contribution in [1.82, 2.24) is 10.6 Å². The van der Waals surface area contributed by atoms with E-state index in [1.807, 2.05) is 13.8 Å². The lowest BCUT2D eigenvalue weighted by Gasteiger charge is -2.35. The average molecular weight is 252 g/mol. The van der Waals surface area contributed by atoms with Crippen LogP contribution in [0.2, 0.25) is 0 Å². The van der Waals surface area contributed by atoms with Gasteiger partial charge in [-0.05, 0) is 25.7 Å². The molecule has 1 heterocycles. The lowest BCUT2D eigenvalue weighted by molar-refractivity contribution is -0.145. The van der Waals surface area contributed by atoms with E-state index >= 15 is 0 Å². The van der Waals surface area contributed by atoms with Crippen molar-refractivity contribution in [3.8, 4) is 0 Å². The van der Waals surface area contributed by atoms with Gasteiger partial charge < -0.3 is 0 Å². The summed E-state index contributed by atoms with van der Waals surface area (Å²) in [7, 11) is 0. The molecule has 0 aromatic carbocycles. The minimum atomic E-state index is -1.20. The molecule has 0 aromatic rings. The predicted molar refractivity (Wildman–Crippen MR) is 67.6 cm³/mol. The second-order valence-electron chi connectivity index (χ2n) is 5.17. The zero-order valence-corrected chi connectivity index (χ0v) is 11.1. The van der Waals surface area contributed by atoms with Crippen LogP contribution in [0.5, 0.6) is 0 Å². The first kappa shape index (κ1) is 14.4. The zero-order chi connectivity index (χ0) is 13.9. The van der Waals surface area contributed by atoms with Gasteiger partial charge in [-0.25, -0.2) is 4.79 Å². The molecule has 1 fully saturated rings. The van der Waals surface area contributed by atoms with Gasteiger partial charge in [0.2, 0.25) is 11.8 Å². The third kappa shape index (κ3) is 2.78. The van der Waals surface area contributed by atoms with Crippen LogP contribution in [0, 0.1) is 11.3 Å². The van der Waals surface area contributed by atoms with Crippen LogP contribution in [0.15, 0.2) is 12.2 Å². The van der Waals surface area contributed by atoms with Crippen molar-refractivity contribution < 1.29 is 14.4 Å². The van der Waals surface area contributed by atoms with Crippen LogP contribution in [-0.2, 0) is 9.59 Å². The molecule has 4 amide bonds. The quantitative estimate of drug-likeness (QED) is 0.578. The summed E-state index contributed by atoms with van der Waals surface area (Å²) in [5.74, 6) is -0.812. The Labute approximate surface area is 107 Å². The van der Waals surface area contributed by atoms with Crippen molar-refractivity contribution in [2.24, 2.45) is 11.3 Å². The molecule has 0 aromatic heterocycles. The largest absolute Gasteiger partial charge is 0.328 e. The number of carbonyl (C=O) groups excluding carboxylic acids is 3. The molecule has 5 heteroatoms. The smallest absolute Gasteiger partial charge is 0.277 e. The van der Waals surface area contributed by atoms with E-state index in [-0.39, 0.29) is 12.3 Å². The monoisotopic (exact) mass is 252 g/mol. The molecule has 1 rings (SSSR count). The second-order valence-corrected chi connectivity index (χ2v) is 5.17. The van der Waals surface area contributed by atoms with E-state index in [0.717, 1.165) is 12.0 Å². The third-order valence-corrected chi connectivity index (χ3v) is 3.32. The zero-order valence-electron chi connectivity index (χ0n) is 11.1. The molecular formula is C13H20N2O3. The van der Waals surface area contributed by atoms with E-state index in [9.17, 15) is 14.4 Å². The molecule has 0 spiro atoms. The number of hydrogen-bond acceptors (Lipinski definition) is 3. The summed E-state index contributed by atoms with van der Waals surface area (Å²) in [5, 5.41) is 4.37. The maximum absolute atomic E-state index is 12.1. The van der Waals surface area contributed by atoms with E-state index < -0.39 is 23.3 Å². The molecule has 1 atom stereocenters. The Kier molecular flexibility index (Phi) is 4.27. The highest BCUT2D eigenvalue weighted by molar-refractivity contribution is 6.19. The van der Waals surface area contributed by atoms with Gasteiger partial charge in [0.15, 0.2) is 0 Å². The fourth-order valence-corrected chi connectivity index (χ4v) is 2.25. The van der Waals surface area contributed by atoms with Crippen LogP contribution in [0.25, 0.3) is 0 Å². The standard InChI is InChI=1S/C13H20N2O3/c1-5-9(4)7-13(6-8(2)3)10(16)14-12(18)15-11(13)17/h9H,2,5-7H2,1,3-4H3,(H2,14,15,16,17,18). The summed E-state index contributed by atoms with van der Waals surface area (Å²) in [6.07, 6.45) is 1.55. The first-order valence-corrected chi connectivity index (χ1v) is 6.13. The molecule has 100 valence electrons. The van der Waals surface area contributed by atoms with E-state index in [1.54, 1.807) is 6.92 Å². The Hall–Kier alpha value is -1.65. The Balaban J connectivity index is 3.09. The Bertz CT molecular complexity index is 381. The molecule has 1 unspecified atom stereocenters. The first-order chi connectivity index (χ1) is 8.31. The number of carbonyl (C=O) groups is 3. The number of barbiturate groups is 1. The van der Waals surface area contributed by atoms with Gasteiger partial charge in [0.25, 0.3) is 0 Å². The topological polar surface area (TPSA) is 75.3 Å². The molecule has 0 aliphatic carbocycles. The predicted octanol–water partition coefficient (Wildman–Crippen LogP) is 1.74. The fourth-order valence-electron chi connectivity index (χ4n) is 2.25. The minimum Gasteiger partial charge on any atom is -0.277 e. The summed E-state index contributed by atoms with van der Waals surface area (Å²) in [6.45, 7) is 9.53. The number of hydrogen-bond donors (Lipinski definition) is 2.